The normalized spacial score (nSPS) is 23.0. The van der Waals surface area contributed by atoms with Gasteiger partial charge in [0.1, 0.15) is 5.54 Å². The monoisotopic (exact) mass is 250 g/mol. The van der Waals surface area contributed by atoms with Crippen molar-refractivity contribution < 1.29 is 14.6 Å². The minimum Gasteiger partial charge on any atom is -0.392 e. The van der Waals surface area contributed by atoms with Crippen molar-refractivity contribution in [2.24, 2.45) is 5.73 Å². The molecule has 18 heavy (non-hydrogen) atoms. The molecule has 1 saturated heterocycles. The number of hydrogen-bond donors (Lipinski definition) is 3. The van der Waals surface area contributed by atoms with E-state index in [4.69, 9.17) is 15.6 Å². The van der Waals surface area contributed by atoms with Gasteiger partial charge in [0.05, 0.1) is 13.2 Å². The summed E-state index contributed by atoms with van der Waals surface area (Å²) in [5.74, 6) is -0.186. The second-order valence-electron chi connectivity index (χ2n) is 4.62. The lowest BCUT2D eigenvalue weighted by atomic mass is 9.99. The van der Waals surface area contributed by atoms with Crippen molar-refractivity contribution in [2.75, 3.05) is 13.2 Å². The number of benzene rings is 1. The van der Waals surface area contributed by atoms with E-state index in [0.717, 1.165) is 11.1 Å². The molecule has 98 valence electrons. The third-order valence-electron chi connectivity index (χ3n) is 3.13. The lowest BCUT2D eigenvalue weighted by Gasteiger charge is -2.20. The first-order valence-corrected chi connectivity index (χ1v) is 5.98. The fourth-order valence-electron chi connectivity index (χ4n) is 1.96. The molecule has 1 amide bonds. The molecule has 1 fully saturated rings. The van der Waals surface area contributed by atoms with Crippen molar-refractivity contribution in [3.63, 3.8) is 0 Å². The molecule has 1 unspecified atom stereocenters. The number of amides is 1. The van der Waals surface area contributed by atoms with Crippen molar-refractivity contribution in [2.45, 2.75) is 25.1 Å². The number of nitrogens with two attached hydrogens (primary N) is 1. The Bertz CT molecular complexity index is 428. The number of nitrogens with one attached hydrogen (secondary N) is 1. The first-order chi connectivity index (χ1) is 8.64. The molecule has 1 heterocycles. The van der Waals surface area contributed by atoms with E-state index in [-0.39, 0.29) is 19.1 Å². The van der Waals surface area contributed by atoms with Crippen LogP contribution in [0.1, 0.15) is 17.5 Å². The van der Waals surface area contributed by atoms with Crippen LogP contribution in [0.15, 0.2) is 24.3 Å². The Morgan fingerprint density at radius 1 is 1.50 bits per heavy atom. The number of aliphatic hydroxyl groups is 1. The highest BCUT2D eigenvalue weighted by atomic mass is 16.5. The molecule has 0 radical (unpaired) electrons. The van der Waals surface area contributed by atoms with Gasteiger partial charge in [0, 0.05) is 13.2 Å². The molecule has 0 bridgehead atoms. The Kier molecular flexibility index (Phi) is 3.96. The highest BCUT2D eigenvalue weighted by Gasteiger charge is 2.37. The van der Waals surface area contributed by atoms with Crippen molar-refractivity contribution in [1.82, 2.24) is 5.32 Å². The van der Waals surface area contributed by atoms with Gasteiger partial charge in [-0.1, -0.05) is 24.3 Å². The lowest BCUT2D eigenvalue weighted by Crippen LogP contribution is -2.54. The number of rotatable bonds is 4. The van der Waals surface area contributed by atoms with E-state index in [0.29, 0.717) is 19.6 Å². The van der Waals surface area contributed by atoms with Crippen molar-refractivity contribution >= 4 is 5.91 Å². The molecule has 2 rings (SSSR count). The minimum absolute atomic E-state index is 0.00352. The van der Waals surface area contributed by atoms with Gasteiger partial charge in [-0.2, -0.15) is 0 Å². The second kappa shape index (κ2) is 5.48. The maximum atomic E-state index is 11.9. The van der Waals surface area contributed by atoms with E-state index < -0.39 is 5.54 Å². The van der Waals surface area contributed by atoms with E-state index in [1.807, 2.05) is 24.3 Å². The summed E-state index contributed by atoms with van der Waals surface area (Å²) >= 11 is 0. The van der Waals surface area contributed by atoms with Crippen LogP contribution < -0.4 is 11.1 Å². The summed E-state index contributed by atoms with van der Waals surface area (Å²) in [6.07, 6.45) is 0.551. The van der Waals surface area contributed by atoms with Gasteiger partial charge < -0.3 is 20.9 Å². The van der Waals surface area contributed by atoms with Gasteiger partial charge in [0.15, 0.2) is 0 Å². The Morgan fingerprint density at radius 3 is 2.94 bits per heavy atom. The molecular formula is C13H18N2O3. The van der Waals surface area contributed by atoms with Crippen LogP contribution in [0.4, 0.5) is 0 Å². The Morgan fingerprint density at radius 2 is 2.28 bits per heavy atom. The zero-order valence-electron chi connectivity index (χ0n) is 10.2. The van der Waals surface area contributed by atoms with E-state index >= 15 is 0 Å². The molecular weight excluding hydrogens is 232 g/mol. The molecule has 1 aromatic rings. The topological polar surface area (TPSA) is 84.6 Å². The number of hydrogen-bond acceptors (Lipinski definition) is 4. The van der Waals surface area contributed by atoms with Crippen LogP contribution in [0.5, 0.6) is 0 Å². The molecule has 1 aliphatic heterocycles. The van der Waals surface area contributed by atoms with Gasteiger partial charge in [-0.05, 0) is 17.5 Å². The van der Waals surface area contributed by atoms with Crippen molar-refractivity contribution in [1.29, 1.82) is 0 Å². The number of carbonyl (C=O) groups excluding carboxylic acids is 1. The summed E-state index contributed by atoms with van der Waals surface area (Å²) in [4.78, 5) is 11.9. The van der Waals surface area contributed by atoms with Gasteiger partial charge in [0.2, 0.25) is 5.91 Å². The second-order valence-corrected chi connectivity index (χ2v) is 4.62. The molecule has 1 atom stereocenters. The number of aliphatic hydroxyl groups excluding tert-OH is 1. The average Bonchev–Trinajstić information content (AvgIpc) is 2.84. The summed E-state index contributed by atoms with van der Waals surface area (Å²) in [6.45, 7) is 1.21. The maximum absolute atomic E-state index is 11.9. The Labute approximate surface area is 106 Å². The summed E-state index contributed by atoms with van der Waals surface area (Å²) < 4.78 is 5.15. The first kappa shape index (κ1) is 13.0. The van der Waals surface area contributed by atoms with Crippen LogP contribution >= 0.6 is 0 Å². The highest BCUT2D eigenvalue weighted by Crippen LogP contribution is 2.15. The largest absolute Gasteiger partial charge is 0.392 e. The molecule has 0 aromatic heterocycles. The van der Waals surface area contributed by atoms with E-state index in [2.05, 4.69) is 5.32 Å². The van der Waals surface area contributed by atoms with Crippen LogP contribution in [0.25, 0.3) is 0 Å². The molecule has 0 aliphatic carbocycles. The molecule has 5 nitrogen and oxygen atoms in total. The van der Waals surface area contributed by atoms with Gasteiger partial charge in [-0.25, -0.2) is 0 Å². The smallest absolute Gasteiger partial charge is 0.242 e. The molecule has 1 aliphatic rings. The predicted octanol–water partition coefficient (Wildman–Crippen LogP) is -0.0871. The minimum atomic E-state index is -0.894. The molecule has 0 saturated carbocycles. The molecule has 1 aromatic carbocycles. The first-order valence-electron chi connectivity index (χ1n) is 5.98. The average molecular weight is 250 g/mol. The third-order valence-corrected chi connectivity index (χ3v) is 3.13. The number of ether oxygens (including phenoxy) is 1. The van der Waals surface area contributed by atoms with Crippen LogP contribution in [-0.4, -0.2) is 29.8 Å². The van der Waals surface area contributed by atoms with Crippen LogP contribution in [0.2, 0.25) is 0 Å². The van der Waals surface area contributed by atoms with Gasteiger partial charge in [0.25, 0.3) is 0 Å². The van der Waals surface area contributed by atoms with Gasteiger partial charge >= 0.3 is 0 Å². The fraction of sp³-hybridized carbons (Fsp3) is 0.462. The third kappa shape index (κ3) is 2.87. The zero-order chi connectivity index (χ0) is 13.0. The van der Waals surface area contributed by atoms with Gasteiger partial charge in [-0.15, -0.1) is 0 Å². The summed E-state index contributed by atoms with van der Waals surface area (Å²) in [7, 11) is 0. The fourth-order valence-corrected chi connectivity index (χ4v) is 1.96. The zero-order valence-corrected chi connectivity index (χ0v) is 10.2. The summed E-state index contributed by atoms with van der Waals surface area (Å²) in [5, 5.41) is 11.8. The van der Waals surface area contributed by atoms with Crippen molar-refractivity contribution in [3.05, 3.63) is 35.4 Å². The maximum Gasteiger partial charge on any atom is 0.242 e. The summed E-state index contributed by atoms with van der Waals surface area (Å²) in [5.41, 5.74) is 6.82. The predicted molar refractivity (Wildman–Crippen MR) is 66.6 cm³/mol. The molecule has 5 heteroatoms. The molecule has 0 spiro atoms. The number of carbonyl (C=O) groups is 1. The van der Waals surface area contributed by atoms with Crippen molar-refractivity contribution in [3.8, 4) is 0 Å². The van der Waals surface area contributed by atoms with E-state index in [1.165, 1.54) is 0 Å². The Hall–Kier alpha value is -1.43. The highest BCUT2D eigenvalue weighted by molar-refractivity contribution is 5.86. The van der Waals surface area contributed by atoms with Crippen LogP contribution in [0, 0.1) is 0 Å². The quantitative estimate of drug-likeness (QED) is 0.697. The SMILES string of the molecule is NC1(C(=O)NCc2cccc(CO)c2)CCOC1. The van der Waals surface area contributed by atoms with Crippen LogP contribution in [-0.2, 0) is 22.7 Å². The van der Waals surface area contributed by atoms with E-state index in [9.17, 15) is 4.79 Å². The standard InChI is InChI=1S/C13H18N2O3/c14-13(4-5-18-9-13)12(17)15-7-10-2-1-3-11(6-10)8-16/h1-3,6,16H,4-5,7-9,14H2,(H,15,17). The van der Waals surface area contributed by atoms with Crippen LogP contribution in [0.3, 0.4) is 0 Å². The van der Waals surface area contributed by atoms with E-state index in [1.54, 1.807) is 0 Å². The van der Waals surface area contributed by atoms with Gasteiger partial charge in [-0.3, -0.25) is 4.79 Å². The summed E-state index contributed by atoms with van der Waals surface area (Å²) in [6, 6.07) is 7.44. The Balaban J connectivity index is 1.92. The lowest BCUT2D eigenvalue weighted by molar-refractivity contribution is -0.126. The molecule has 4 N–H and O–H groups in total.